The van der Waals surface area contributed by atoms with Gasteiger partial charge in [0.05, 0.1) is 17.6 Å². The minimum atomic E-state index is 0.897. The Bertz CT molecular complexity index is 246. The van der Waals surface area contributed by atoms with Crippen molar-refractivity contribution in [1.82, 2.24) is 4.90 Å². The molecule has 11 heavy (non-hydrogen) atoms. The quantitative estimate of drug-likeness (QED) is 0.557. The van der Waals surface area contributed by atoms with Gasteiger partial charge in [-0.15, -0.1) is 0 Å². The molecular weight excluding hydrogens is 136 g/mol. The van der Waals surface area contributed by atoms with Crippen LogP contribution in [0.25, 0.3) is 0 Å². The summed E-state index contributed by atoms with van der Waals surface area (Å²) in [5, 5.41) is 0. The predicted molar refractivity (Wildman–Crippen MR) is 48.0 cm³/mol. The Balaban J connectivity index is 2.81. The molecule has 0 aliphatic carbocycles. The number of allylic oxidation sites excluding steroid dienone is 3. The second-order valence-corrected chi connectivity index (χ2v) is 2.41. The molecule has 0 aromatic carbocycles. The maximum absolute atomic E-state index is 4.10. The van der Waals surface area contributed by atoms with E-state index >= 15 is 0 Å². The van der Waals surface area contributed by atoms with E-state index in [-0.39, 0.29) is 0 Å². The fourth-order valence-corrected chi connectivity index (χ4v) is 0.860. The predicted octanol–water partition coefficient (Wildman–Crippen LogP) is 2.28. The van der Waals surface area contributed by atoms with Crippen molar-refractivity contribution in [3.63, 3.8) is 0 Å². The van der Waals surface area contributed by atoms with Crippen molar-refractivity contribution < 1.29 is 0 Å². The Labute approximate surface area is 67.2 Å². The lowest BCUT2D eigenvalue weighted by Crippen LogP contribution is -2.12. The normalized spacial score (nSPS) is 17.8. The molecule has 0 aromatic heterocycles. The molecule has 1 rings (SSSR count). The monoisotopic (exact) mass is 148 g/mol. The van der Waals surface area contributed by atoms with Crippen molar-refractivity contribution in [3.05, 3.63) is 36.4 Å². The maximum atomic E-state index is 4.10. The van der Waals surface area contributed by atoms with Crippen LogP contribution in [0.2, 0.25) is 0 Å². The summed E-state index contributed by atoms with van der Waals surface area (Å²) in [5.41, 5.74) is 1.89. The number of aliphatic imine (C=N–C) groups is 1. The molecule has 0 aromatic rings. The van der Waals surface area contributed by atoms with E-state index in [4.69, 9.17) is 0 Å². The van der Waals surface area contributed by atoms with E-state index in [0.29, 0.717) is 0 Å². The molecule has 0 saturated heterocycles. The minimum Gasteiger partial charge on any atom is -0.321 e. The molecule has 0 amide bonds. The van der Waals surface area contributed by atoms with Gasteiger partial charge >= 0.3 is 0 Å². The van der Waals surface area contributed by atoms with E-state index in [2.05, 4.69) is 11.6 Å². The van der Waals surface area contributed by atoms with E-state index in [9.17, 15) is 0 Å². The summed E-state index contributed by atoms with van der Waals surface area (Å²) < 4.78 is 0. The van der Waals surface area contributed by atoms with Crippen LogP contribution in [0.15, 0.2) is 41.4 Å². The molecule has 58 valence electrons. The second-order valence-electron chi connectivity index (χ2n) is 2.41. The van der Waals surface area contributed by atoms with Crippen LogP contribution < -0.4 is 0 Å². The molecule has 0 unspecified atom stereocenters. The lowest BCUT2D eigenvalue weighted by molar-refractivity contribution is 0.650. The lowest BCUT2D eigenvalue weighted by Gasteiger charge is -2.18. The topological polar surface area (TPSA) is 15.6 Å². The molecule has 1 aliphatic heterocycles. The number of hydrogen-bond donors (Lipinski definition) is 0. The smallest absolute Gasteiger partial charge is 0.0561 e. The van der Waals surface area contributed by atoms with E-state index in [1.165, 1.54) is 0 Å². The Morgan fingerprint density at radius 3 is 3.00 bits per heavy atom. The van der Waals surface area contributed by atoms with Crippen LogP contribution in [0.4, 0.5) is 0 Å². The van der Waals surface area contributed by atoms with Crippen molar-refractivity contribution in [2.75, 3.05) is 0 Å². The molecule has 0 saturated carbocycles. The first-order chi connectivity index (χ1) is 5.24. The Hall–Kier alpha value is -1.31. The summed E-state index contributed by atoms with van der Waals surface area (Å²) in [5.74, 6) is 0. The fraction of sp³-hybridized carbons (Fsp3) is 0.222. The molecule has 0 bridgehead atoms. The molecule has 2 heteroatoms. The minimum absolute atomic E-state index is 0.897. The zero-order chi connectivity index (χ0) is 8.27. The Morgan fingerprint density at radius 1 is 1.64 bits per heavy atom. The van der Waals surface area contributed by atoms with Crippen molar-refractivity contribution >= 4 is 6.21 Å². The van der Waals surface area contributed by atoms with Gasteiger partial charge in [-0.25, -0.2) is 0 Å². The molecule has 2 nitrogen and oxygen atoms in total. The van der Waals surface area contributed by atoms with Crippen LogP contribution in [-0.2, 0) is 0 Å². The van der Waals surface area contributed by atoms with Gasteiger partial charge in [-0.2, -0.15) is 0 Å². The van der Waals surface area contributed by atoms with Gasteiger partial charge in [-0.05, 0) is 13.8 Å². The van der Waals surface area contributed by atoms with Gasteiger partial charge in [0.1, 0.15) is 0 Å². The molecule has 0 fully saturated rings. The van der Waals surface area contributed by atoms with E-state index in [1.54, 1.807) is 6.21 Å². The van der Waals surface area contributed by atoms with Crippen LogP contribution in [0.3, 0.4) is 0 Å². The SMILES string of the molecule is C=C1C=NC(C)=CN1/C=C\C. The average molecular weight is 148 g/mol. The van der Waals surface area contributed by atoms with Gasteiger partial charge in [0.2, 0.25) is 0 Å². The van der Waals surface area contributed by atoms with E-state index in [1.807, 2.05) is 37.2 Å². The summed E-state index contributed by atoms with van der Waals surface area (Å²) in [6, 6.07) is 0. The molecule has 0 atom stereocenters. The molecule has 0 N–H and O–H groups in total. The third-order valence-corrected chi connectivity index (χ3v) is 1.38. The number of nitrogens with zero attached hydrogens (tertiary/aromatic N) is 2. The third kappa shape index (κ3) is 1.80. The van der Waals surface area contributed by atoms with E-state index in [0.717, 1.165) is 11.4 Å². The second kappa shape index (κ2) is 3.19. The van der Waals surface area contributed by atoms with E-state index < -0.39 is 0 Å². The highest BCUT2D eigenvalue weighted by Gasteiger charge is 2.02. The maximum Gasteiger partial charge on any atom is 0.0561 e. The Kier molecular flexibility index (Phi) is 2.26. The zero-order valence-corrected chi connectivity index (χ0v) is 6.91. The van der Waals surface area contributed by atoms with Gasteiger partial charge in [-0.1, -0.05) is 12.7 Å². The van der Waals surface area contributed by atoms with Gasteiger partial charge < -0.3 is 4.90 Å². The van der Waals surface area contributed by atoms with Crippen LogP contribution >= 0.6 is 0 Å². The summed E-state index contributed by atoms with van der Waals surface area (Å²) in [6.07, 6.45) is 7.63. The first-order valence-corrected chi connectivity index (χ1v) is 3.56. The number of hydrogen-bond acceptors (Lipinski definition) is 2. The van der Waals surface area contributed by atoms with Crippen molar-refractivity contribution in [1.29, 1.82) is 0 Å². The largest absolute Gasteiger partial charge is 0.321 e. The summed E-state index contributed by atoms with van der Waals surface area (Å²) in [4.78, 5) is 6.05. The van der Waals surface area contributed by atoms with Crippen LogP contribution in [-0.4, -0.2) is 11.1 Å². The first kappa shape index (κ1) is 7.79. The van der Waals surface area contributed by atoms with Crippen LogP contribution in [0.1, 0.15) is 13.8 Å². The average Bonchev–Trinajstić information content (AvgIpc) is 1.98. The highest BCUT2D eigenvalue weighted by atomic mass is 15.1. The van der Waals surface area contributed by atoms with Gasteiger partial charge in [-0.3, -0.25) is 4.99 Å². The number of rotatable bonds is 1. The van der Waals surface area contributed by atoms with Crippen molar-refractivity contribution in [2.45, 2.75) is 13.8 Å². The zero-order valence-electron chi connectivity index (χ0n) is 6.91. The van der Waals surface area contributed by atoms with Gasteiger partial charge in [0.25, 0.3) is 0 Å². The molecule has 1 heterocycles. The highest BCUT2D eigenvalue weighted by molar-refractivity contribution is 5.79. The summed E-state index contributed by atoms with van der Waals surface area (Å²) in [6.45, 7) is 7.76. The molecule has 0 radical (unpaired) electrons. The first-order valence-electron chi connectivity index (χ1n) is 3.56. The third-order valence-electron chi connectivity index (χ3n) is 1.38. The molecule has 1 aliphatic rings. The lowest BCUT2D eigenvalue weighted by atomic mass is 10.3. The standard InChI is InChI=1S/C9H12N2/c1-4-5-11-7-8(2)10-6-9(11)3/h4-7H,3H2,1-2H3/b5-4-. The van der Waals surface area contributed by atoms with Crippen molar-refractivity contribution in [3.8, 4) is 0 Å². The van der Waals surface area contributed by atoms with Crippen LogP contribution in [0, 0.1) is 0 Å². The highest BCUT2D eigenvalue weighted by Crippen LogP contribution is 2.11. The Morgan fingerprint density at radius 2 is 2.36 bits per heavy atom. The van der Waals surface area contributed by atoms with Gasteiger partial charge in [0.15, 0.2) is 0 Å². The fourth-order valence-electron chi connectivity index (χ4n) is 0.860. The summed E-state index contributed by atoms with van der Waals surface area (Å²) in [7, 11) is 0. The summed E-state index contributed by atoms with van der Waals surface area (Å²) >= 11 is 0. The van der Waals surface area contributed by atoms with Crippen molar-refractivity contribution in [2.24, 2.45) is 4.99 Å². The molecule has 0 spiro atoms. The van der Waals surface area contributed by atoms with Gasteiger partial charge in [0, 0.05) is 12.4 Å². The van der Waals surface area contributed by atoms with Crippen LogP contribution in [0.5, 0.6) is 0 Å². The molecular formula is C9H12N2.